The molecular weight excluding hydrogens is 408 g/mol. The summed E-state index contributed by atoms with van der Waals surface area (Å²) in [7, 11) is 0. The van der Waals surface area contributed by atoms with Crippen molar-refractivity contribution in [1.82, 2.24) is 0 Å². The van der Waals surface area contributed by atoms with Gasteiger partial charge in [-0.05, 0) is 54.2 Å². The lowest BCUT2D eigenvalue weighted by Gasteiger charge is -2.41. The van der Waals surface area contributed by atoms with E-state index in [4.69, 9.17) is 25.8 Å². The van der Waals surface area contributed by atoms with Crippen LogP contribution in [0.2, 0.25) is 5.02 Å². The summed E-state index contributed by atoms with van der Waals surface area (Å²) >= 11 is 6.32. The molecule has 0 amide bonds. The predicted molar refractivity (Wildman–Crippen MR) is 124 cm³/mol. The number of hydrogen-bond acceptors (Lipinski definition) is 3. The summed E-state index contributed by atoms with van der Waals surface area (Å²) in [6.07, 6.45) is 2.67. The molecule has 0 radical (unpaired) electrons. The molecule has 0 saturated carbocycles. The number of ether oxygens (including phenoxy) is 3. The predicted octanol–water partition coefficient (Wildman–Crippen LogP) is 7.02. The molecule has 4 heteroatoms. The van der Waals surface area contributed by atoms with Crippen LogP contribution in [-0.2, 0) is 27.4 Å². The molecule has 0 aliphatic carbocycles. The molecule has 0 bridgehead atoms. The molecule has 162 valence electrons. The third-order valence-electron chi connectivity index (χ3n) is 5.60. The molecule has 0 aromatic heterocycles. The highest BCUT2D eigenvalue weighted by atomic mass is 35.5. The Balaban J connectivity index is 1.50. The second-order valence-corrected chi connectivity index (χ2v) is 8.66. The van der Waals surface area contributed by atoms with Gasteiger partial charge in [0, 0.05) is 11.4 Å². The van der Waals surface area contributed by atoms with Crippen LogP contribution in [0.4, 0.5) is 0 Å². The molecular formula is C27H29ClO3. The van der Waals surface area contributed by atoms with Gasteiger partial charge in [0.25, 0.3) is 0 Å². The summed E-state index contributed by atoms with van der Waals surface area (Å²) in [5.41, 5.74) is 4.49. The van der Waals surface area contributed by atoms with Gasteiger partial charge in [-0.15, -0.1) is 0 Å². The van der Waals surface area contributed by atoms with Gasteiger partial charge in [0.2, 0.25) is 0 Å². The van der Waals surface area contributed by atoms with E-state index in [1.807, 2.05) is 48.5 Å². The van der Waals surface area contributed by atoms with E-state index in [9.17, 15) is 0 Å². The maximum atomic E-state index is 6.62. The van der Waals surface area contributed by atoms with Gasteiger partial charge in [0.05, 0.1) is 19.3 Å². The van der Waals surface area contributed by atoms with Gasteiger partial charge in [-0.3, -0.25) is 0 Å². The van der Waals surface area contributed by atoms with Crippen molar-refractivity contribution in [2.24, 2.45) is 0 Å². The number of halogens is 1. The van der Waals surface area contributed by atoms with Gasteiger partial charge in [-0.25, -0.2) is 0 Å². The zero-order valence-corrected chi connectivity index (χ0v) is 18.7. The summed E-state index contributed by atoms with van der Waals surface area (Å²) < 4.78 is 19.2. The molecule has 1 saturated heterocycles. The fourth-order valence-electron chi connectivity index (χ4n) is 4.06. The van der Waals surface area contributed by atoms with Gasteiger partial charge in [0.1, 0.15) is 6.61 Å². The first-order chi connectivity index (χ1) is 15.1. The Labute approximate surface area is 189 Å². The minimum Gasteiger partial charge on any atom is -0.371 e. The highest BCUT2D eigenvalue weighted by molar-refractivity contribution is 6.30. The standard InChI is InChI=1S/C27H29ClO3/c1-21-15-24(17-25(28)16-21)26-13-8-14-27(31-26,30-19-23-11-6-3-7-12-23)20-29-18-22-9-4-2-5-10-22/h2-7,9-12,15-17,26H,8,13-14,18-20H2,1H3. The Morgan fingerprint density at radius 3 is 2.29 bits per heavy atom. The van der Waals surface area contributed by atoms with E-state index in [2.05, 4.69) is 37.3 Å². The molecule has 2 atom stereocenters. The molecule has 31 heavy (non-hydrogen) atoms. The summed E-state index contributed by atoms with van der Waals surface area (Å²) in [6.45, 7) is 3.45. The van der Waals surface area contributed by atoms with Gasteiger partial charge in [0.15, 0.2) is 5.79 Å². The van der Waals surface area contributed by atoms with Gasteiger partial charge in [-0.2, -0.15) is 0 Å². The highest BCUT2D eigenvalue weighted by Gasteiger charge is 2.39. The second kappa shape index (κ2) is 10.4. The van der Waals surface area contributed by atoms with Crippen molar-refractivity contribution in [3.63, 3.8) is 0 Å². The molecule has 1 aliphatic heterocycles. The van der Waals surface area contributed by atoms with Gasteiger partial charge >= 0.3 is 0 Å². The SMILES string of the molecule is Cc1cc(Cl)cc(C2CCCC(COCc3ccccc3)(OCc3ccccc3)O2)c1. The van der Waals surface area contributed by atoms with Crippen LogP contribution in [0.3, 0.4) is 0 Å². The van der Waals surface area contributed by atoms with E-state index in [0.29, 0.717) is 19.8 Å². The Bertz CT molecular complexity index is 940. The maximum Gasteiger partial charge on any atom is 0.192 e. The van der Waals surface area contributed by atoms with Gasteiger partial charge < -0.3 is 14.2 Å². The van der Waals surface area contributed by atoms with E-state index >= 15 is 0 Å². The first-order valence-electron chi connectivity index (χ1n) is 10.9. The minimum absolute atomic E-state index is 0.0674. The smallest absolute Gasteiger partial charge is 0.192 e. The maximum absolute atomic E-state index is 6.62. The van der Waals surface area contributed by atoms with Crippen LogP contribution in [-0.4, -0.2) is 12.4 Å². The quantitative estimate of drug-likeness (QED) is 0.379. The third-order valence-corrected chi connectivity index (χ3v) is 5.81. The van der Waals surface area contributed by atoms with E-state index in [-0.39, 0.29) is 6.10 Å². The molecule has 0 spiro atoms. The number of rotatable bonds is 8. The monoisotopic (exact) mass is 436 g/mol. The van der Waals surface area contributed by atoms with E-state index < -0.39 is 5.79 Å². The molecule has 1 aliphatic rings. The molecule has 4 rings (SSSR count). The molecule has 2 unspecified atom stereocenters. The summed E-state index contributed by atoms with van der Waals surface area (Å²) in [4.78, 5) is 0. The first kappa shape index (κ1) is 22.0. The lowest BCUT2D eigenvalue weighted by molar-refractivity contribution is -0.307. The Morgan fingerprint density at radius 1 is 0.935 bits per heavy atom. The van der Waals surface area contributed by atoms with Crippen LogP contribution < -0.4 is 0 Å². The first-order valence-corrected chi connectivity index (χ1v) is 11.2. The molecule has 1 fully saturated rings. The molecule has 3 nitrogen and oxygen atoms in total. The van der Waals surface area contributed by atoms with Crippen LogP contribution in [0.25, 0.3) is 0 Å². The van der Waals surface area contributed by atoms with E-state index in [0.717, 1.165) is 46.5 Å². The average molecular weight is 437 g/mol. The lowest BCUT2D eigenvalue weighted by Crippen LogP contribution is -2.44. The van der Waals surface area contributed by atoms with Crippen LogP contribution in [0.1, 0.15) is 47.6 Å². The van der Waals surface area contributed by atoms with Crippen LogP contribution in [0, 0.1) is 6.92 Å². The fourth-order valence-corrected chi connectivity index (χ4v) is 4.36. The Hall–Kier alpha value is -2.17. The summed E-state index contributed by atoms with van der Waals surface area (Å²) in [5, 5.41) is 0.736. The summed E-state index contributed by atoms with van der Waals surface area (Å²) in [6, 6.07) is 26.5. The fraction of sp³-hybridized carbons (Fsp3) is 0.333. The van der Waals surface area contributed by atoms with Crippen molar-refractivity contribution < 1.29 is 14.2 Å². The van der Waals surface area contributed by atoms with Crippen molar-refractivity contribution in [2.45, 2.75) is 51.3 Å². The molecule has 3 aromatic rings. The lowest BCUT2D eigenvalue weighted by atomic mass is 9.95. The molecule has 3 aromatic carbocycles. The number of aryl methyl sites for hydroxylation is 1. The van der Waals surface area contributed by atoms with E-state index in [1.54, 1.807) is 0 Å². The van der Waals surface area contributed by atoms with Crippen LogP contribution in [0.15, 0.2) is 78.9 Å². The largest absolute Gasteiger partial charge is 0.371 e. The topological polar surface area (TPSA) is 27.7 Å². The Kier molecular flexibility index (Phi) is 7.41. The third kappa shape index (κ3) is 6.18. The second-order valence-electron chi connectivity index (χ2n) is 8.22. The number of hydrogen-bond donors (Lipinski definition) is 0. The summed E-state index contributed by atoms with van der Waals surface area (Å²) in [5.74, 6) is -0.788. The van der Waals surface area contributed by atoms with Crippen molar-refractivity contribution >= 4 is 11.6 Å². The average Bonchev–Trinajstić information content (AvgIpc) is 2.79. The number of benzene rings is 3. The highest BCUT2D eigenvalue weighted by Crippen LogP contribution is 2.39. The van der Waals surface area contributed by atoms with Crippen molar-refractivity contribution in [3.05, 3.63) is 106 Å². The zero-order valence-electron chi connectivity index (χ0n) is 17.9. The normalized spacial score (nSPS) is 21.2. The van der Waals surface area contributed by atoms with E-state index in [1.165, 1.54) is 0 Å². The Morgan fingerprint density at radius 2 is 1.61 bits per heavy atom. The van der Waals surface area contributed by atoms with Crippen LogP contribution in [0.5, 0.6) is 0 Å². The van der Waals surface area contributed by atoms with Gasteiger partial charge in [-0.1, -0.05) is 78.3 Å². The van der Waals surface area contributed by atoms with Crippen LogP contribution >= 0.6 is 11.6 Å². The zero-order chi connectivity index (χ0) is 21.5. The molecule has 0 N–H and O–H groups in total. The van der Waals surface area contributed by atoms with Crippen molar-refractivity contribution in [1.29, 1.82) is 0 Å². The van der Waals surface area contributed by atoms with Crippen molar-refractivity contribution in [3.8, 4) is 0 Å². The molecule has 1 heterocycles. The van der Waals surface area contributed by atoms with Crippen molar-refractivity contribution in [2.75, 3.05) is 6.61 Å². The minimum atomic E-state index is -0.788.